The highest BCUT2D eigenvalue weighted by atomic mass is 32.2. The molecule has 0 spiro atoms. The van der Waals surface area contributed by atoms with E-state index in [4.69, 9.17) is 5.10 Å². The summed E-state index contributed by atoms with van der Waals surface area (Å²) in [5, 5.41) is 4.74. The van der Waals surface area contributed by atoms with E-state index in [0.29, 0.717) is 11.3 Å². The molecule has 5 aromatic rings. The summed E-state index contributed by atoms with van der Waals surface area (Å²) in [5.41, 5.74) is 4.60. The normalized spacial score (nSPS) is 11.6. The van der Waals surface area contributed by atoms with Gasteiger partial charge < -0.3 is 0 Å². The predicted molar refractivity (Wildman–Crippen MR) is 120 cm³/mol. The van der Waals surface area contributed by atoms with Crippen molar-refractivity contribution < 1.29 is 8.42 Å². The zero-order valence-corrected chi connectivity index (χ0v) is 17.6. The average Bonchev–Trinajstić information content (AvgIpc) is 3.25. The summed E-state index contributed by atoms with van der Waals surface area (Å²) in [6.07, 6.45) is 1.43. The van der Waals surface area contributed by atoms with E-state index < -0.39 is 9.84 Å². The third-order valence-corrected chi connectivity index (χ3v) is 6.96. The minimum absolute atomic E-state index is 0.123. The number of nitrogens with zero attached hydrogens (tertiary/aromatic N) is 3. The third kappa shape index (κ3) is 3.41. The van der Waals surface area contributed by atoms with E-state index in [0.717, 1.165) is 22.4 Å². The van der Waals surface area contributed by atoms with E-state index in [-0.39, 0.29) is 9.79 Å². The van der Waals surface area contributed by atoms with Gasteiger partial charge in [-0.15, -0.1) is 0 Å². The number of aryl methyl sites for hydroxylation is 1. The maximum Gasteiger partial charge on any atom is 0.210 e. The zero-order valence-electron chi connectivity index (χ0n) is 16.8. The first-order valence-corrected chi connectivity index (χ1v) is 11.3. The van der Waals surface area contributed by atoms with E-state index in [2.05, 4.69) is 4.98 Å². The topological polar surface area (TPSA) is 64.3 Å². The fourth-order valence-electron chi connectivity index (χ4n) is 3.57. The van der Waals surface area contributed by atoms with E-state index in [9.17, 15) is 8.42 Å². The third-order valence-electron chi connectivity index (χ3n) is 5.19. The van der Waals surface area contributed by atoms with Gasteiger partial charge >= 0.3 is 0 Å². The molecule has 0 bridgehead atoms. The summed E-state index contributed by atoms with van der Waals surface area (Å²) < 4.78 is 28.7. The molecule has 0 N–H and O–H groups in total. The summed E-state index contributed by atoms with van der Waals surface area (Å²) in [6.45, 7) is 2.00. The second kappa shape index (κ2) is 7.49. The van der Waals surface area contributed by atoms with Gasteiger partial charge in [0, 0.05) is 17.2 Å². The van der Waals surface area contributed by atoms with Crippen LogP contribution < -0.4 is 0 Å². The molecule has 5 rings (SSSR count). The fraction of sp³-hybridized carbons (Fsp3) is 0.0400. The summed E-state index contributed by atoms with van der Waals surface area (Å²) in [6, 6.07) is 27.8. The lowest BCUT2D eigenvalue weighted by Gasteiger charge is -2.12. The van der Waals surface area contributed by atoms with Crippen molar-refractivity contribution in [1.82, 2.24) is 14.6 Å². The summed E-state index contributed by atoms with van der Waals surface area (Å²) in [5.74, 6) is 0. The van der Waals surface area contributed by atoms with E-state index in [1.165, 1.54) is 6.20 Å². The Morgan fingerprint density at radius 1 is 0.774 bits per heavy atom. The minimum atomic E-state index is -3.80. The molecule has 0 aliphatic rings. The first-order valence-electron chi connectivity index (χ1n) is 9.85. The predicted octanol–water partition coefficient (Wildman–Crippen LogP) is 5.20. The van der Waals surface area contributed by atoms with E-state index in [1.807, 2.05) is 67.6 Å². The molecule has 152 valence electrons. The molecule has 0 aliphatic heterocycles. The van der Waals surface area contributed by atoms with Crippen molar-refractivity contribution in [3.63, 3.8) is 0 Å². The van der Waals surface area contributed by atoms with Gasteiger partial charge in [-0.3, -0.25) is 0 Å². The first-order chi connectivity index (χ1) is 15.0. The largest absolute Gasteiger partial charge is 0.236 e. The second-order valence-corrected chi connectivity index (χ2v) is 9.24. The van der Waals surface area contributed by atoms with Gasteiger partial charge in [-0.1, -0.05) is 78.4 Å². The molecule has 0 amide bonds. The Morgan fingerprint density at radius 3 is 2.10 bits per heavy atom. The molecule has 0 radical (unpaired) electrons. The molecule has 0 saturated heterocycles. The number of benzene rings is 3. The lowest BCUT2D eigenvalue weighted by molar-refractivity contribution is 0.595. The molecule has 5 nitrogen and oxygen atoms in total. The molecular formula is C25H19N3O2S. The van der Waals surface area contributed by atoms with Crippen molar-refractivity contribution in [2.75, 3.05) is 0 Å². The van der Waals surface area contributed by atoms with Gasteiger partial charge in [0.1, 0.15) is 4.90 Å². The van der Waals surface area contributed by atoms with Crippen molar-refractivity contribution in [3.05, 3.63) is 103 Å². The van der Waals surface area contributed by atoms with Crippen LogP contribution in [0.3, 0.4) is 0 Å². The Morgan fingerprint density at radius 2 is 1.42 bits per heavy atom. The van der Waals surface area contributed by atoms with Crippen LogP contribution in [-0.2, 0) is 9.84 Å². The molecular weight excluding hydrogens is 406 g/mol. The van der Waals surface area contributed by atoms with Gasteiger partial charge in [0.2, 0.25) is 9.84 Å². The SMILES string of the molecule is Cc1ccc(-c2c(S(=O)(=O)c3ccccc3)cnc3cc(-c4ccccc4)nn23)cc1. The molecule has 2 heterocycles. The lowest BCUT2D eigenvalue weighted by atomic mass is 10.1. The van der Waals surface area contributed by atoms with Gasteiger partial charge in [-0.05, 0) is 19.1 Å². The van der Waals surface area contributed by atoms with Crippen LogP contribution in [0.1, 0.15) is 5.56 Å². The highest BCUT2D eigenvalue weighted by molar-refractivity contribution is 7.91. The smallest absolute Gasteiger partial charge is 0.210 e. The van der Waals surface area contributed by atoms with Crippen LogP contribution in [0.25, 0.3) is 28.2 Å². The Balaban J connectivity index is 1.82. The molecule has 0 fully saturated rings. The quantitative estimate of drug-likeness (QED) is 0.397. The summed E-state index contributed by atoms with van der Waals surface area (Å²) in [4.78, 5) is 4.79. The van der Waals surface area contributed by atoms with Crippen molar-refractivity contribution in [1.29, 1.82) is 0 Å². The molecule has 3 aromatic carbocycles. The van der Waals surface area contributed by atoms with Crippen LogP contribution in [0.5, 0.6) is 0 Å². The summed E-state index contributed by atoms with van der Waals surface area (Å²) in [7, 11) is -3.80. The molecule has 2 aromatic heterocycles. The van der Waals surface area contributed by atoms with Crippen LogP contribution in [0, 0.1) is 6.92 Å². The molecule has 0 atom stereocenters. The van der Waals surface area contributed by atoms with E-state index >= 15 is 0 Å². The maximum atomic E-state index is 13.5. The van der Waals surface area contributed by atoms with Gasteiger partial charge in [0.05, 0.1) is 22.5 Å². The second-order valence-electron chi connectivity index (χ2n) is 7.32. The Hall–Kier alpha value is -3.77. The molecule has 6 heteroatoms. The van der Waals surface area contributed by atoms with Crippen molar-refractivity contribution in [2.24, 2.45) is 0 Å². The van der Waals surface area contributed by atoms with Crippen LogP contribution in [0.2, 0.25) is 0 Å². The van der Waals surface area contributed by atoms with Gasteiger partial charge in [0.15, 0.2) is 5.65 Å². The Bertz CT molecular complexity index is 1480. The van der Waals surface area contributed by atoms with Gasteiger partial charge in [-0.2, -0.15) is 5.10 Å². The standard InChI is InChI=1S/C25H19N3O2S/c1-18-12-14-20(15-13-18)25-23(31(29,30)21-10-6-3-7-11-21)17-26-24-16-22(27-28(24)25)19-8-4-2-5-9-19/h2-17H,1H3. The highest BCUT2D eigenvalue weighted by Gasteiger charge is 2.26. The minimum Gasteiger partial charge on any atom is -0.236 e. The van der Waals surface area contributed by atoms with Gasteiger partial charge in [-0.25, -0.2) is 17.9 Å². The summed E-state index contributed by atoms with van der Waals surface area (Å²) >= 11 is 0. The number of fused-ring (bicyclic) bond motifs is 1. The average molecular weight is 426 g/mol. The first kappa shape index (κ1) is 19.2. The number of rotatable bonds is 4. The number of hydrogen-bond donors (Lipinski definition) is 0. The van der Waals surface area contributed by atoms with Crippen LogP contribution in [-0.4, -0.2) is 23.0 Å². The Labute approximate surface area is 180 Å². The maximum absolute atomic E-state index is 13.5. The van der Waals surface area contributed by atoms with Gasteiger partial charge in [0.25, 0.3) is 0 Å². The lowest BCUT2D eigenvalue weighted by Crippen LogP contribution is -2.09. The highest BCUT2D eigenvalue weighted by Crippen LogP contribution is 2.32. The van der Waals surface area contributed by atoms with Crippen LogP contribution in [0.4, 0.5) is 0 Å². The molecule has 0 aliphatic carbocycles. The zero-order chi connectivity index (χ0) is 21.4. The Kier molecular flexibility index (Phi) is 4.64. The molecule has 31 heavy (non-hydrogen) atoms. The number of sulfone groups is 1. The number of hydrogen-bond acceptors (Lipinski definition) is 4. The van der Waals surface area contributed by atoms with Crippen molar-refractivity contribution in [2.45, 2.75) is 16.7 Å². The van der Waals surface area contributed by atoms with Crippen LogP contribution in [0.15, 0.2) is 107 Å². The number of aromatic nitrogens is 3. The fourth-order valence-corrected chi connectivity index (χ4v) is 4.99. The van der Waals surface area contributed by atoms with E-state index in [1.54, 1.807) is 34.8 Å². The van der Waals surface area contributed by atoms with Crippen molar-refractivity contribution >= 4 is 15.5 Å². The van der Waals surface area contributed by atoms with Crippen LogP contribution >= 0.6 is 0 Å². The molecule has 0 saturated carbocycles. The molecule has 0 unspecified atom stereocenters. The van der Waals surface area contributed by atoms with Crippen molar-refractivity contribution in [3.8, 4) is 22.5 Å². The monoisotopic (exact) mass is 425 g/mol.